The molecule has 0 heterocycles. The van der Waals surface area contributed by atoms with E-state index in [-0.39, 0.29) is 6.04 Å². The van der Waals surface area contributed by atoms with Gasteiger partial charge in [-0.2, -0.15) is 0 Å². The number of benzene rings is 1. The Labute approximate surface area is 114 Å². The summed E-state index contributed by atoms with van der Waals surface area (Å²) >= 11 is 0. The standard InChI is InChI=1S/C16H23F2N/c1-3-19-16(12-6-4-5-11(2)7-12)13-8-14(17)10-15(18)9-13/h8-12,16,19H,3-7H2,1-2H3. The van der Waals surface area contributed by atoms with Crippen LogP contribution in [0, 0.1) is 23.5 Å². The average molecular weight is 267 g/mol. The second-order valence-corrected chi connectivity index (χ2v) is 5.77. The molecule has 0 aromatic heterocycles. The van der Waals surface area contributed by atoms with E-state index in [2.05, 4.69) is 12.2 Å². The van der Waals surface area contributed by atoms with Crippen molar-refractivity contribution in [3.05, 3.63) is 35.4 Å². The van der Waals surface area contributed by atoms with Crippen molar-refractivity contribution in [3.8, 4) is 0 Å². The minimum Gasteiger partial charge on any atom is -0.310 e. The molecule has 1 aliphatic carbocycles. The molecule has 1 aromatic rings. The summed E-state index contributed by atoms with van der Waals surface area (Å²) in [5.41, 5.74) is 0.749. The summed E-state index contributed by atoms with van der Waals surface area (Å²) in [4.78, 5) is 0. The van der Waals surface area contributed by atoms with E-state index in [1.807, 2.05) is 6.92 Å². The van der Waals surface area contributed by atoms with E-state index in [1.54, 1.807) is 0 Å². The second-order valence-electron chi connectivity index (χ2n) is 5.77. The van der Waals surface area contributed by atoms with Gasteiger partial charge in [-0.3, -0.25) is 0 Å². The Balaban J connectivity index is 2.22. The maximum Gasteiger partial charge on any atom is 0.126 e. The fraction of sp³-hybridized carbons (Fsp3) is 0.625. The molecule has 3 atom stereocenters. The highest BCUT2D eigenvalue weighted by Crippen LogP contribution is 2.37. The zero-order chi connectivity index (χ0) is 13.8. The van der Waals surface area contributed by atoms with Crippen LogP contribution < -0.4 is 5.32 Å². The van der Waals surface area contributed by atoms with Gasteiger partial charge in [-0.05, 0) is 48.9 Å². The zero-order valence-corrected chi connectivity index (χ0v) is 11.8. The molecule has 2 rings (SSSR count). The normalized spacial score (nSPS) is 25.3. The van der Waals surface area contributed by atoms with E-state index in [0.29, 0.717) is 11.8 Å². The summed E-state index contributed by atoms with van der Waals surface area (Å²) in [5.74, 6) is 0.215. The summed E-state index contributed by atoms with van der Waals surface area (Å²) in [6.07, 6.45) is 4.76. The Hall–Kier alpha value is -0.960. The largest absolute Gasteiger partial charge is 0.310 e. The van der Waals surface area contributed by atoms with Crippen molar-refractivity contribution in [2.75, 3.05) is 6.54 Å². The van der Waals surface area contributed by atoms with E-state index < -0.39 is 11.6 Å². The van der Waals surface area contributed by atoms with Gasteiger partial charge in [-0.1, -0.05) is 26.7 Å². The first-order chi connectivity index (χ1) is 9.10. The molecule has 0 amide bonds. The van der Waals surface area contributed by atoms with Crippen LogP contribution in [0.15, 0.2) is 18.2 Å². The third kappa shape index (κ3) is 3.75. The molecular weight excluding hydrogens is 244 g/mol. The van der Waals surface area contributed by atoms with Gasteiger partial charge in [-0.15, -0.1) is 0 Å². The van der Waals surface area contributed by atoms with Gasteiger partial charge in [0.25, 0.3) is 0 Å². The Bertz CT molecular complexity index is 399. The smallest absolute Gasteiger partial charge is 0.126 e. The van der Waals surface area contributed by atoms with E-state index >= 15 is 0 Å². The van der Waals surface area contributed by atoms with Crippen LogP contribution in [0.2, 0.25) is 0 Å². The number of halogens is 2. The van der Waals surface area contributed by atoms with Gasteiger partial charge >= 0.3 is 0 Å². The molecule has 1 saturated carbocycles. The van der Waals surface area contributed by atoms with E-state index in [4.69, 9.17) is 0 Å². The molecule has 106 valence electrons. The fourth-order valence-corrected chi connectivity index (χ4v) is 3.32. The van der Waals surface area contributed by atoms with Crippen LogP contribution in [0.25, 0.3) is 0 Å². The van der Waals surface area contributed by atoms with E-state index in [1.165, 1.54) is 25.0 Å². The molecule has 1 fully saturated rings. The van der Waals surface area contributed by atoms with Crippen LogP contribution in [-0.4, -0.2) is 6.54 Å². The molecule has 19 heavy (non-hydrogen) atoms. The number of rotatable bonds is 4. The predicted octanol–water partition coefficient (Wildman–Crippen LogP) is 4.44. The van der Waals surface area contributed by atoms with Crippen molar-refractivity contribution in [3.63, 3.8) is 0 Å². The van der Waals surface area contributed by atoms with Gasteiger partial charge < -0.3 is 5.32 Å². The lowest BCUT2D eigenvalue weighted by Gasteiger charge is -2.34. The van der Waals surface area contributed by atoms with Crippen molar-refractivity contribution in [2.45, 2.75) is 45.6 Å². The molecule has 0 bridgehead atoms. The molecule has 1 aliphatic rings. The van der Waals surface area contributed by atoms with Crippen molar-refractivity contribution in [2.24, 2.45) is 11.8 Å². The topological polar surface area (TPSA) is 12.0 Å². The summed E-state index contributed by atoms with van der Waals surface area (Å²) in [5, 5.41) is 3.41. The average Bonchev–Trinajstić information content (AvgIpc) is 2.34. The molecule has 0 aliphatic heterocycles. The Morgan fingerprint density at radius 3 is 2.47 bits per heavy atom. The SMILES string of the molecule is CCNC(c1cc(F)cc(F)c1)C1CCCC(C)C1. The first-order valence-electron chi connectivity index (χ1n) is 7.29. The summed E-state index contributed by atoms with van der Waals surface area (Å²) in [7, 11) is 0. The molecular formula is C16H23F2N. The van der Waals surface area contributed by atoms with Crippen LogP contribution in [0.5, 0.6) is 0 Å². The Morgan fingerprint density at radius 2 is 1.89 bits per heavy atom. The van der Waals surface area contributed by atoms with Crippen molar-refractivity contribution >= 4 is 0 Å². The van der Waals surface area contributed by atoms with Gasteiger partial charge in [0.05, 0.1) is 0 Å². The van der Waals surface area contributed by atoms with Crippen LogP contribution >= 0.6 is 0 Å². The molecule has 0 saturated heterocycles. The van der Waals surface area contributed by atoms with Crippen molar-refractivity contribution in [1.82, 2.24) is 5.32 Å². The highest BCUT2D eigenvalue weighted by molar-refractivity contribution is 5.22. The first kappa shape index (κ1) is 14.4. The van der Waals surface area contributed by atoms with E-state index in [0.717, 1.165) is 31.0 Å². The molecule has 3 heteroatoms. The van der Waals surface area contributed by atoms with Gasteiger partial charge in [0, 0.05) is 12.1 Å². The van der Waals surface area contributed by atoms with Crippen molar-refractivity contribution < 1.29 is 8.78 Å². The third-order valence-electron chi connectivity index (χ3n) is 4.12. The lowest BCUT2D eigenvalue weighted by Crippen LogP contribution is -2.31. The lowest BCUT2D eigenvalue weighted by molar-refractivity contribution is 0.224. The van der Waals surface area contributed by atoms with Crippen LogP contribution in [0.3, 0.4) is 0 Å². The summed E-state index contributed by atoms with van der Waals surface area (Å²) in [6.45, 7) is 5.11. The molecule has 0 spiro atoms. The maximum atomic E-state index is 13.4. The first-order valence-corrected chi connectivity index (χ1v) is 7.29. The van der Waals surface area contributed by atoms with Crippen LogP contribution in [-0.2, 0) is 0 Å². The highest BCUT2D eigenvalue weighted by atomic mass is 19.1. The fourth-order valence-electron chi connectivity index (χ4n) is 3.32. The Kier molecular flexibility index (Phi) is 4.92. The minimum absolute atomic E-state index is 0.0675. The third-order valence-corrected chi connectivity index (χ3v) is 4.12. The Morgan fingerprint density at radius 1 is 1.21 bits per heavy atom. The maximum absolute atomic E-state index is 13.4. The monoisotopic (exact) mass is 267 g/mol. The van der Waals surface area contributed by atoms with Gasteiger partial charge in [0.15, 0.2) is 0 Å². The number of hydrogen-bond acceptors (Lipinski definition) is 1. The van der Waals surface area contributed by atoms with Crippen LogP contribution in [0.1, 0.15) is 51.1 Å². The molecule has 1 nitrogen and oxygen atoms in total. The zero-order valence-electron chi connectivity index (χ0n) is 11.8. The second kappa shape index (κ2) is 6.47. The molecule has 1 aromatic carbocycles. The summed E-state index contributed by atoms with van der Waals surface area (Å²) < 4.78 is 26.8. The lowest BCUT2D eigenvalue weighted by atomic mass is 9.76. The highest BCUT2D eigenvalue weighted by Gasteiger charge is 2.27. The number of nitrogens with one attached hydrogen (secondary N) is 1. The predicted molar refractivity (Wildman–Crippen MR) is 73.9 cm³/mol. The molecule has 0 radical (unpaired) electrons. The molecule has 3 unspecified atom stereocenters. The quantitative estimate of drug-likeness (QED) is 0.850. The van der Waals surface area contributed by atoms with Gasteiger partial charge in [0.2, 0.25) is 0 Å². The minimum atomic E-state index is -0.484. The number of hydrogen-bond donors (Lipinski definition) is 1. The van der Waals surface area contributed by atoms with Gasteiger partial charge in [0.1, 0.15) is 11.6 Å². The van der Waals surface area contributed by atoms with Crippen molar-refractivity contribution in [1.29, 1.82) is 0 Å². The van der Waals surface area contributed by atoms with E-state index in [9.17, 15) is 8.78 Å². The summed E-state index contributed by atoms with van der Waals surface area (Å²) in [6, 6.07) is 3.94. The molecule has 1 N–H and O–H groups in total. The van der Waals surface area contributed by atoms with Gasteiger partial charge in [-0.25, -0.2) is 8.78 Å². The van der Waals surface area contributed by atoms with Crippen LogP contribution in [0.4, 0.5) is 8.78 Å².